The fourth-order valence-electron chi connectivity index (χ4n) is 7.05. The number of rotatable bonds is 10. The van der Waals surface area contributed by atoms with Crippen molar-refractivity contribution in [3.8, 4) is 22.6 Å². The molecular formula is C44H47N11OS. The normalized spacial score (nSPS) is 11.5. The van der Waals surface area contributed by atoms with E-state index < -0.39 is 5.41 Å². The average molecular weight is 778 g/mol. The molecule has 1 amide bonds. The Morgan fingerprint density at radius 3 is 2.18 bits per heavy atom. The molecule has 0 aliphatic carbocycles. The number of hydrogen-bond acceptors (Lipinski definition) is 11. The summed E-state index contributed by atoms with van der Waals surface area (Å²) in [6.07, 6.45) is 1.21. The molecule has 290 valence electrons. The highest BCUT2D eigenvalue weighted by Gasteiger charge is 2.29. The van der Waals surface area contributed by atoms with Crippen LogP contribution in [-0.4, -0.2) is 37.1 Å². The maximum absolute atomic E-state index is 12.0. The minimum atomic E-state index is -0.505. The molecule has 13 heteroatoms. The molecule has 0 bridgehead atoms. The van der Waals surface area contributed by atoms with Gasteiger partial charge in [-0.1, -0.05) is 74.9 Å². The number of carbonyl (C=O) groups is 1. The molecule has 0 saturated heterocycles. The number of anilines is 5. The summed E-state index contributed by atoms with van der Waals surface area (Å²) in [6, 6.07) is 20.2. The smallest absolute Gasteiger partial charge is 0.247 e. The number of benzene rings is 3. The zero-order chi connectivity index (χ0) is 41.3. The zero-order valence-corrected chi connectivity index (χ0v) is 35.1. The first-order chi connectivity index (χ1) is 27.0. The van der Waals surface area contributed by atoms with Gasteiger partial charge in [0.1, 0.15) is 23.1 Å². The summed E-state index contributed by atoms with van der Waals surface area (Å²) >= 11 is 1.11. The molecule has 0 aliphatic rings. The van der Waals surface area contributed by atoms with Crippen molar-refractivity contribution in [2.24, 2.45) is 10.2 Å². The summed E-state index contributed by atoms with van der Waals surface area (Å²) < 4.78 is 6.14. The lowest BCUT2D eigenvalue weighted by Crippen LogP contribution is -2.15. The number of nitrogens with one attached hydrogen (secondary N) is 2. The first kappa shape index (κ1) is 40.2. The van der Waals surface area contributed by atoms with Crippen LogP contribution in [0.15, 0.2) is 77.5 Å². The van der Waals surface area contributed by atoms with Crippen molar-refractivity contribution in [3.63, 3.8) is 0 Å². The SMILES string of the molecule is C=CC(=O)Nc1cccc(-c2nsc(-n3nc(C(C)(C)C)c(C#N)c3N=Nc3c(C)cc(N(C)c4c(C)cc(C)cc4C)nc3Nc3c(C)cc(C)cc3C)n2)c1. The second kappa shape index (κ2) is 15.9. The van der Waals surface area contributed by atoms with Crippen LogP contribution in [0.4, 0.5) is 40.2 Å². The third-order valence-electron chi connectivity index (χ3n) is 9.50. The fourth-order valence-corrected chi connectivity index (χ4v) is 7.70. The van der Waals surface area contributed by atoms with Crippen molar-refractivity contribution in [2.75, 3.05) is 22.6 Å². The van der Waals surface area contributed by atoms with Crippen molar-refractivity contribution in [2.45, 2.75) is 74.7 Å². The van der Waals surface area contributed by atoms with Crippen LogP contribution in [0.2, 0.25) is 0 Å². The predicted octanol–water partition coefficient (Wildman–Crippen LogP) is 11.2. The van der Waals surface area contributed by atoms with Gasteiger partial charge < -0.3 is 15.5 Å². The molecule has 0 aliphatic heterocycles. The molecule has 0 spiro atoms. The third kappa shape index (κ3) is 8.36. The van der Waals surface area contributed by atoms with E-state index in [0.717, 1.165) is 62.1 Å². The Morgan fingerprint density at radius 2 is 1.56 bits per heavy atom. The minimum absolute atomic E-state index is 0.220. The molecule has 0 radical (unpaired) electrons. The number of nitrogens with zero attached hydrogens (tertiary/aromatic N) is 9. The Balaban J connectivity index is 1.50. The summed E-state index contributed by atoms with van der Waals surface area (Å²) in [5.74, 6) is 1.57. The van der Waals surface area contributed by atoms with E-state index >= 15 is 0 Å². The average Bonchev–Trinajstić information content (AvgIpc) is 3.77. The zero-order valence-electron chi connectivity index (χ0n) is 34.3. The van der Waals surface area contributed by atoms with Crippen LogP contribution in [0, 0.1) is 59.8 Å². The van der Waals surface area contributed by atoms with Gasteiger partial charge in [0, 0.05) is 46.6 Å². The van der Waals surface area contributed by atoms with Crippen LogP contribution in [0.3, 0.4) is 0 Å². The number of aromatic nitrogens is 5. The highest BCUT2D eigenvalue weighted by molar-refractivity contribution is 7.08. The molecule has 3 aromatic carbocycles. The van der Waals surface area contributed by atoms with Gasteiger partial charge in [-0.05, 0) is 101 Å². The van der Waals surface area contributed by atoms with Crippen LogP contribution < -0.4 is 15.5 Å². The minimum Gasteiger partial charge on any atom is -0.338 e. The molecule has 0 fully saturated rings. The van der Waals surface area contributed by atoms with E-state index in [1.165, 1.54) is 16.3 Å². The molecule has 3 heterocycles. The van der Waals surface area contributed by atoms with Crippen LogP contribution in [0.25, 0.3) is 16.5 Å². The van der Waals surface area contributed by atoms with Gasteiger partial charge in [-0.15, -0.1) is 10.2 Å². The number of pyridine rings is 1. The summed E-state index contributed by atoms with van der Waals surface area (Å²) in [7, 11) is 2.02. The quantitative estimate of drug-likeness (QED) is 0.103. The standard InChI is InChI=1S/C44H47N11OS/c1-13-35(56)46-32-16-14-15-31(22-32)40-49-43(57-53-40)55-42(33(23-45)39(52-55)44(9,10)11)51-50-37-28(6)21-34(54(12)38-29(7)19-25(3)20-30(38)8)47-41(37)48-36-26(4)17-24(2)18-27(36)5/h13-22H,1H2,2-12H3,(H,46,56)(H,47,48). The van der Waals surface area contributed by atoms with Gasteiger partial charge in [0.15, 0.2) is 17.5 Å². The first-order valence-corrected chi connectivity index (χ1v) is 19.3. The molecule has 6 aromatic rings. The lowest BCUT2D eigenvalue weighted by molar-refractivity contribution is -0.111. The van der Waals surface area contributed by atoms with Gasteiger partial charge in [0.25, 0.3) is 0 Å². The van der Waals surface area contributed by atoms with E-state index in [2.05, 4.69) is 98.4 Å². The molecule has 12 nitrogen and oxygen atoms in total. The van der Waals surface area contributed by atoms with Gasteiger partial charge in [-0.3, -0.25) is 4.79 Å². The molecule has 0 unspecified atom stereocenters. The fraction of sp³-hybridized carbons (Fsp3) is 0.273. The van der Waals surface area contributed by atoms with Gasteiger partial charge in [0.2, 0.25) is 11.0 Å². The Labute approximate surface area is 338 Å². The third-order valence-corrected chi connectivity index (χ3v) is 10.2. The Morgan fingerprint density at radius 1 is 0.912 bits per heavy atom. The van der Waals surface area contributed by atoms with Gasteiger partial charge >= 0.3 is 0 Å². The number of amides is 1. The lowest BCUT2D eigenvalue weighted by Gasteiger charge is -2.25. The predicted molar refractivity (Wildman–Crippen MR) is 231 cm³/mol. The summed E-state index contributed by atoms with van der Waals surface area (Å²) in [4.78, 5) is 24.0. The maximum Gasteiger partial charge on any atom is 0.247 e. The van der Waals surface area contributed by atoms with E-state index in [-0.39, 0.29) is 17.3 Å². The van der Waals surface area contributed by atoms with Crippen LogP contribution in [-0.2, 0) is 10.2 Å². The topological polar surface area (TPSA) is 149 Å². The van der Waals surface area contributed by atoms with Crippen molar-refractivity contribution < 1.29 is 4.79 Å². The largest absolute Gasteiger partial charge is 0.338 e. The van der Waals surface area contributed by atoms with Crippen LogP contribution in [0.1, 0.15) is 71.0 Å². The highest BCUT2D eigenvalue weighted by atomic mass is 32.1. The molecule has 0 atom stereocenters. The second-order valence-electron chi connectivity index (χ2n) is 15.4. The molecule has 3 aromatic heterocycles. The molecular weight excluding hydrogens is 731 g/mol. The van der Waals surface area contributed by atoms with E-state index in [1.54, 1.807) is 12.1 Å². The van der Waals surface area contributed by atoms with E-state index in [0.29, 0.717) is 39.4 Å². The molecule has 2 N–H and O–H groups in total. The summed E-state index contributed by atoms with van der Waals surface area (Å²) in [6.45, 7) is 24.0. The van der Waals surface area contributed by atoms with E-state index in [1.807, 2.05) is 52.9 Å². The number of nitriles is 1. The van der Waals surface area contributed by atoms with Gasteiger partial charge in [0.05, 0.1) is 5.69 Å². The number of carbonyl (C=O) groups excluding carboxylic acids is 1. The van der Waals surface area contributed by atoms with Crippen LogP contribution >= 0.6 is 11.5 Å². The van der Waals surface area contributed by atoms with E-state index in [9.17, 15) is 10.1 Å². The van der Waals surface area contributed by atoms with Gasteiger partial charge in [-0.2, -0.15) is 24.4 Å². The maximum atomic E-state index is 12.0. The van der Waals surface area contributed by atoms with Crippen LogP contribution in [0.5, 0.6) is 0 Å². The van der Waals surface area contributed by atoms with E-state index in [4.69, 9.17) is 25.3 Å². The Hall–Kier alpha value is -6.52. The number of hydrogen-bond donors (Lipinski definition) is 2. The monoisotopic (exact) mass is 777 g/mol. The summed E-state index contributed by atoms with van der Waals surface area (Å²) in [5.41, 5.74) is 11.7. The highest BCUT2D eigenvalue weighted by Crippen LogP contribution is 2.40. The molecule has 57 heavy (non-hydrogen) atoms. The molecule has 0 saturated carbocycles. The first-order valence-electron chi connectivity index (χ1n) is 18.5. The number of azo groups is 1. The number of aryl methyl sites for hydroxylation is 7. The summed E-state index contributed by atoms with van der Waals surface area (Å²) in [5, 5.41) is 31.9. The van der Waals surface area contributed by atoms with Crippen molar-refractivity contribution in [1.82, 2.24) is 24.1 Å². The lowest BCUT2D eigenvalue weighted by atomic mass is 9.90. The second-order valence-corrected chi connectivity index (χ2v) is 16.1. The Kier molecular flexibility index (Phi) is 11.2. The molecule has 6 rings (SSSR count). The Bertz CT molecular complexity index is 2570. The van der Waals surface area contributed by atoms with Gasteiger partial charge in [-0.25, -0.2) is 4.98 Å². The van der Waals surface area contributed by atoms with Crippen molar-refractivity contribution in [1.29, 1.82) is 5.26 Å². The van der Waals surface area contributed by atoms with Crippen molar-refractivity contribution >= 4 is 57.6 Å². The van der Waals surface area contributed by atoms with Crippen molar-refractivity contribution in [3.05, 3.63) is 117 Å².